The summed E-state index contributed by atoms with van der Waals surface area (Å²) in [5, 5.41) is 0.969. The number of amides is 2. The Morgan fingerprint density at radius 2 is 1.74 bits per heavy atom. The minimum absolute atomic E-state index is 0.0514. The Labute approximate surface area is 213 Å². The zero-order chi connectivity index (χ0) is 24.6. The van der Waals surface area contributed by atoms with Crippen LogP contribution in [0.4, 0.5) is 4.79 Å². The highest BCUT2D eigenvalue weighted by Gasteiger charge is 2.43. The maximum absolute atomic E-state index is 13.5. The highest BCUT2D eigenvalue weighted by molar-refractivity contribution is 6.42. The van der Waals surface area contributed by atoms with E-state index in [-0.39, 0.29) is 29.9 Å². The number of piperidine rings is 1. The molecule has 2 atom stereocenters. The SMILES string of the molecule is CN(C(=O)OC(C)(C)C)C1CN(C(=O)C2CCN(CC3CC3)CC2)CC1c1ccc(Cl)c(Cl)c1. The Morgan fingerprint density at radius 1 is 1.06 bits per heavy atom. The maximum Gasteiger partial charge on any atom is 0.410 e. The summed E-state index contributed by atoms with van der Waals surface area (Å²) in [6, 6.07) is 5.38. The van der Waals surface area contributed by atoms with Crippen LogP contribution in [-0.4, -0.2) is 78.1 Å². The predicted molar refractivity (Wildman–Crippen MR) is 135 cm³/mol. The Kier molecular flexibility index (Phi) is 7.70. The summed E-state index contributed by atoms with van der Waals surface area (Å²) < 4.78 is 5.63. The molecule has 3 aliphatic rings. The van der Waals surface area contributed by atoms with Crippen LogP contribution in [0.2, 0.25) is 10.0 Å². The van der Waals surface area contributed by atoms with Crippen molar-refractivity contribution >= 4 is 35.2 Å². The number of benzene rings is 1. The zero-order valence-electron chi connectivity index (χ0n) is 20.7. The molecule has 2 aliphatic heterocycles. The topological polar surface area (TPSA) is 53.1 Å². The molecule has 0 bridgehead atoms. The van der Waals surface area contributed by atoms with Gasteiger partial charge in [0.1, 0.15) is 5.60 Å². The molecule has 2 heterocycles. The molecule has 4 rings (SSSR count). The van der Waals surface area contributed by atoms with Crippen LogP contribution in [-0.2, 0) is 9.53 Å². The van der Waals surface area contributed by atoms with Gasteiger partial charge in [-0.3, -0.25) is 4.79 Å². The molecule has 2 unspecified atom stereocenters. The van der Waals surface area contributed by atoms with E-state index in [1.165, 1.54) is 19.4 Å². The molecule has 0 N–H and O–H groups in total. The van der Waals surface area contributed by atoms with Gasteiger partial charge in [0.05, 0.1) is 16.1 Å². The minimum Gasteiger partial charge on any atom is -0.444 e. The van der Waals surface area contributed by atoms with E-state index in [0.717, 1.165) is 37.4 Å². The molecule has 34 heavy (non-hydrogen) atoms. The van der Waals surface area contributed by atoms with Crippen molar-refractivity contribution < 1.29 is 14.3 Å². The van der Waals surface area contributed by atoms with Crippen LogP contribution in [0, 0.1) is 11.8 Å². The third-order valence-electron chi connectivity index (χ3n) is 7.30. The van der Waals surface area contributed by atoms with E-state index in [9.17, 15) is 9.59 Å². The first-order valence-electron chi connectivity index (χ1n) is 12.4. The summed E-state index contributed by atoms with van der Waals surface area (Å²) in [5.41, 5.74) is 0.386. The van der Waals surface area contributed by atoms with Gasteiger partial charge < -0.3 is 19.4 Å². The van der Waals surface area contributed by atoms with E-state index in [2.05, 4.69) is 4.90 Å². The quantitative estimate of drug-likeness (QED) is 0.541. The van der Waals surface area contributed by atoms with Crippen molar-refractivity contribution in [2.45, 2.75) is 64.0 Å². The number of nitrogens with zero attached hydrogens (tertiary/aromatic N) is 3. The molecule has 0 spiro atoms. The van der Waals surface area contributed by atoms with Crippen LogP contribution in [0.1, 0.15) is 57.9 Å². The van der Waals surface area contributed by atoms with Crippen molar-refractivity contribution in [1.82, 2.24) is 14.7 Å². The Hall–Kier alpha value is -1.50. The highest BCUT2D eigenvalue weighted by Crippen LogP contribution is 2.36. The van der Waals surface area contributed by atoms with E-state index in [1.54, 1.807) is 18.0 Å². The summed E-state index contributed by atoms with van der Waals surface area (Å²) in [6.07, 6.45) is 4.15. The lowest BCUT2D eigenvalue weighted by atomic mass is 9.93. The molecule has 1 aromatic rings. The maximum atomic E-state index is 13.5. The van der Waals surface area contributed by atoms with Gasteiger partial charge >= 0.3 is 6.09 Å². The average Bonchev–Trinajstić information content (AvgIpc) is 3.48. The molecule has 3 fully saturated rings. The van der Waals surface area contributed by atoms with Crippen LogP contribution in [0.15, 0.2) is 18.2 Å². The third kappa shape index (κ3) is 6.19. The lowest BCUT2D eigenvalue weighted by molar-refractivity contribution is -0.136. The predicted octanol–water partition coefficient (Wildman–Crippen LogP) is 5.28. The molecule has 0 radical (unpaired) electrons. The molecule has 2 saturated heterocycles. The first-order chi connectivity index (χ1) is 16.0. The lowest BCUT2D eigenvalue weighted by Gasteiger charge is -2.33. The van der Waals surface area contributed by atoms with Crippen LogP contribution in [0.25, 0.3) is 0 Å². The Balaban J connectivity index is 1.48. The van der Waals surface area contributed by atoms with Crippen molar-refractivity contribution in [2.75, 3.05) is 39.8 Å². The first-order valence-corrected chi connectivity index (χ1v) is 13.2. The van der Waals surface area contributed by atoms with E-state index in [1.807, 2.05) is 37.8 Å². The minimum atomic E-state index is -0.590. The molecule has 6 nitrogen and oxygen atoms in total. The van der Waals surface area contributed by atoms with Gasteiger partial charge in [0.15, 0.2) is 0 Å². The number of likely N-dealkylation sites (N-methyl/N-ethyl adjacent to an activating group) is 1. The van der Waals surface area contributed by atoms with Gasteiger partial charge in [0.2, 0.25) is 5.91 Å². The molecule has 1 aromatic carbocycles. The summed E-state index contributed by atoms with van der Waals surface area (Å²) in [6.45, 7) is 9.79. The van der Waals surface area contributed by atoms with E-state index < -0.39 is 5.60 Å². The number of carbonyl (C=O) groups excluding carboxylic acids is 2. The van der Waals surface area contributed by atoms with E-state index >= 15 is 0 Å². The molecule has 0 aromatic heterocycles. The first kappa shape index (κ1) is 25.6. The molecule has 188 valence electrons. The van der Waals surface area contributed by atoms with Gasteiger partial charge in [-0.1, -0.05) is 29.3 Å². The highest BCUT2D eigenvalue weighted by atomic mass is 35.5. The molecular weight excluding hydrogens is 473 g/mol. The Morgan fingerprint density at radius 3 is 2.32 bits per heavy atom. The summed E-state index contributed by atoms with van der Waals surface area (Å²) in [7, 11) is 1.76. The summed E-state index contributed by atoms with van der Waals surface area (Å²) in [4.78, 5) is 32.5. The molecular formula is C26H37Cl2N3O3. The number of halogens is 2. The number of rotatable bonds is 5. The van der Waals surface area contributed by atoms with E-state index in [4.69, 9.17) is 27.9 Å². The largest absolute Gasteiger partial charge is 0.444 e. The summed E-state index contributed by atoms with van der Waals surface area (Å²) >= 11 is 12.5. The van der Waals surface area contributed by atoms with Crippen molar-refractivity contribution in [1.29, 1.82) is 0 Å². The van der Waals surface area contributed by atoms with Crippen LogP contribution in [0.3, 0.4) is 0 Å². The van der Waals surface area contributed by atoms with Crippen LogP contribution >= 0.6 is 23.2 Å². The fourth-order valence-corrected chi connectivity index (χ4v) is 5.49. The van der Waals surface area contributed by atoms with Gasteiger partial charge in [0, 0.05) is 38.5 Å². The van der Waals surface area contributed by atoms with Gasteiger partial charge in [-0.15, -0.1) is 0 Å². The second-order valence-electron chi connectivity index (χ2n) is 11.2. The smallest absolute Gasteiger partial charge is 0.410 e. The van der Waals surface area contributed by atoms with Gasteiger partial charge in [0.25, 0.3) is 0 Å². The second kappa shape index (κ2) is 10.2. The van der Waals surface area contributed by atoms with Gasteiger partial charge in [-0.2, -0.15) is 0 Å². The molecule has 2 amide bonds. The number of hydrogen-bond acceptors (Lipinski definition) is 4. The number of ether oxygens (including phenoxy) is 1. The van der Waals surface area contributed by atoms with Crippen LogP contribution in [0.5, 0.6) is 0 Å². The summed E-state index contributed by atoms with van der Waals surface area (Å²) in [5.74, 6) is 1.07. The van der Waals surface area contributed by atoms with Crippen molar-refractivity contribution in [3.8, 4) is 0 Å². The zero-order valence-corrected chi connectivity index (χ0v) is 22.2. The monoisotopic (exact) mass is 509 g/mol. The van der Waals surface area contributed by atoms with Gasteiger partial charge in [-0.05, 0) is 83.2 Å². The van der Waals surface area contributed by atoms with Crippen molar-refractivity contribution in [3.63, 3.8) is 0 Å². The number of hydrogen-bond donors (Lipinski definition) is 0. The fourth-order valence-electron chi connectivity index (χ4n) is 5.19. The van der Waals surface area contributed by atoms with Crippen molar-refractivity contribution in [3.05, 3.63) is 33.8 Å². The third-order valence-corrected chi connectivity index (χ3v) is 8.04. The van der Waals surface area contributed by atoms with Gasteiger partial charge in [-0.25, -0.2) is 4.79 Å². The fraction of sp³-hybridized carbons (Fsp3) is 0.692. The molecule has 8 heteroatoms. The van der Waals surface area contributed by atoms with Crippen molar-refractivity contribution in [2.24, 2.45) is 11.8 Å². The number of likely N-dealkylation sites (tertiary alicyclic amines) is 2. The standard InChI is InChI=1S/C26H37Cl2N3O3/c1-26(2,3)34-25(33)29(4)23-16-31(15-20(23)19-7-8-21(27)22(28)13-19)24(32)18-9-11-30(12-10-18)14-17-5-6-17/h7-8,13,17-18,20,23H,5-6,9-12,14-16H2,1-4H3. The lowest BCUT2D eigenvalue weighted by Crippen LogP contribution is -2.45. The van der Waals surface area contributed by atoms with E-state index in [0.29, 0.717) is 23.1 Å². The van der Waals surface area contributed by atoms with Crippen LogP contribution < -0.4 is 0 Å². The molecule has 1 saturated carbocycles. The second-order valence-corrected chi connectivity index (χ2v) is 12.0. The average molecular weight is 511 g/mol. The Bertz CT molecular complexity index is 907. The normalized spacial score (nSPS) is 24.4. The number of carbonyl (C=O) groups is 2. The molecule has 1 aliphatic carbocycles.